The first kappa shape index (κ1) is 20.0. The van der Waals surface area contributed by atoms with Crippen molar-refractivity contribution < 1.29 is 32.5 Å². The minimum atomic E-state index is -4.75. The molecule has 150 valence electrons. The molecule has 28 heavy (non-hydrogen) atoms. The first-order chi connectivity index (χ1) is 13.3. The highest BCUT2D eigenvalue weighted by atomic mass is 19.4. The standard InChI is InChI=1S/C20H20F3NO4/c1-12(24-11-26)16-9-17(19-15(18(16)10-25)3-2-8-27-19)13-4-6-14(7-5-13)28-20(21,22)23/h4-7,9,11-12,25H,2-3,8,10H2,1H3,(H,24,26). The molecule has 1 atom stereocenters. The maximum absolute atomic E-state index is 12.4. The Kier molecular flexibility index (Phi) is 5.79. The lowest BCUT2D eigenvalue weighted by atomic mass is 9.87. The lowest BCUT2D eigenvalue weighted by molar-refractivity contribution is -0.274. The minimum Gasteiger partial charge on any atom is -0.493 e. The molecule has 1 heterocycles. The summed E-state index contributed by atoms with van der Waals surface area (Å²) in [5, 5.41) is 12.6. The molecule has 0 aromatic heterocycles. The molecular formula is C20H20F3NO4. The van der Waals surface area contributed by atoms with E-state index >= 15 is 0 Å². The van der Waals surface area contributed by atoms with Gasteiger partial charge in [-0.15, -0.1) is 13.2 Å². The number of ether oxygens (including phenoxy) is 2. The maximum Gasteiger partial charge on any atom is 0.573 e. The molecule has 0 fully saturated rings. The van der Waals surface area contributed by atoms with Gasteiger partial charge in [-0.25, -0.2) is 0 Å². The number of amides is 1. The largest absolute Gasteiger partial charge is 0.573 e. The van der Waals surface area contributed by atoms with Crippen molar-refractivity contribution >= 4 is 6.41 Å². The van der Waals surface area contributed by atoms with Crippen LogP contribution in [0, 0.1) is 0 Å². The predicted molar refractivity (Wildman–Crippen MR) is 95.9 cm³/mol. The van der Waals surface area contributed by atoms with Crippen molar-refractivity contribution in [3.05, 3.63) is 47.0 Å². The molecular weight excluding hydrogens is 375 g/mol. The van der Waals surface area contributed by atoms with E-state index in [2.05, 4.69) is 10.1 Å². The zero-order valence-electron chi connectivity index (χ0n) is 15.2. The Balaban J connectivity index is 2.09. The summed E-state index contributed by atoms with van der Waals surface area (Å²) in [5.74, 6) is 0.302. The van der Waals surface area contributed by atoms with Crippen LogP contribution in [0.25, 0.3) is 11.1 Å². The van der Waals surface area contributed by atoms with Crippen molar-refractivity contribution in [2.45, 2.75) is 38.8 Å². The molecule has 1 unspecified atom stereocenters. The Morgan fingerprint density at radius 2 is 2.04 bits per heavy atom. The lowest BCUT2D eigenvalue weighted by Crippen LogP contribution is -2.21. The van der Waals surface area contributed by atoms with Crippen LogP contribution in [-0.2, 0) is 17.8 Å². The molecule has 0 bridgehead atoms. The highest BCUT2D eigenvalue weighted by molar-refractivity contribution is 5.75. The zero-order chi connectivity index (χ0) is 20.3. The Morgan fingerprint density at radius 1 is 1.32 bits per heavy atom. The fourth-order valence-electron chi connectivity index (χ4n) is 3.45. The van der Waals surface area contributed by atoms with Gasteiger partial charge in [-0.3, -0.25) is 4.79 Å². The van der Waals surface area contributed by atoms with Crippen LogP contribution in [0.5, 0.6) is 11.5 Å². The average Bonchev–Trinajstić information content (AvgIpc) is 2.66. The molecule has 1 aliphatic heterocycles. The highest BCUT2D eigenvalue weighted by Crippen LogP contribution is 2.42. The molecule has 5 nitrogen and oxygen atoms in total. The quantitative estimate of drug-likeness (QED) is 0.729. The number of nitrogens with one attached hydrogen (secondary N) is 1. The molecule has 8 heteroatoms. The monoisotopic (exact) mass is 395 g/mol. The van der Waals surface area contributed by atoms with Gasteiger partial charge in [-0.1, -0.05) is 12.1 Å². The van der Waals surface area contributed by atoms with Gasteiger partial charge in [0, 0.05) is 11.1 Å². The van der Waals surface area contributed by atoms with Crippen LogP contribution in [-0.4, -0.2) is 24.5 Å². The van der Waals surface area contributed by atoms with Crippen molar-refractivity contribution in [1.29, 1.82) is 0 Å². The molecule has 2 aromatic carbocycles. The number of fused-ring (bicyclic) bond motifs is 1. The molecule has 1 aliphatic rings. The Hall–Kier alpha value is -2.74. The van der Waals surface area contributed by atoms with E-state index in [0.29, 0.717) is 41.9 Å². The maximum atomic E-state index is 12.4. The van der Waals surface area contributed by atoms with E-state index in [9.17, 15) is 23.1 Å². The lowest BCUT2D eigenvalue weighted by Gasteiger charge is -2.27. The third-order valence-corrected chi connectivity index (χ3v) is 4.69. The molecule has 0 saturated carbocycles. The first-order valence-electron chi connectivity index (χ1n) is 8.82. The van der Waals surface area contributed by atoms with Crippen molar-refractivity contribution in [2.75, 3.05) is 6.61 Å². The van der Waals surface area contributed by atoms with Gasteiger partial charge in [-0.05, 0) is 54.7 Å². The molecule has 1 amide bonds. The van der Waals surface area contributed by atoms with E-state index < -0.39 is 6.36 Å². The number of rotatable bonds is 6. The molecule has 2 N–H and O–H groups in total. The summed E-state index contributed by atoms with van der Waals surface area (Å²) in [6, 6.07) is 6.98. The second-order valence-corrected chi connectivity index (χ2v) is 6.49. The van der Waals surface area contributed by atoms with Crippen LogP contribution in [0.3, 0.4) is 0 Å². The number of carbonyl (C=O) groups excluding carboxylic acids is 1. The Bertz CT molecular complexity index is 850. The number of alkyl halides is 3. The second-order valence-electron chi connectivity index (χ2n) is 6.49. The number of hydrogen-bond acceptors (Lipinski definition) is 4. The molecule has 2 aromatic rings. The van der Waals surface area contributed by atoms with E-state index in [4.69, 9.17) is 4.74 Å². The van der Waals surface area contributed by atoms with Gasteiger partial charge in [0.25, 0.3) is 0 Å². The summed E-state index contributed by atoms with van der Waals surface area (Å²) < 4.78 is 46.9. The molecule has 0 aliphatic carbocycles. The SMILES string of the molecule is CC(NC=O)c1cc(-c2ccc(OC(F)(F)F)cc2)c2c(c1CO)CCCO2. The van der Waals surface area contributed by atoms with Gasteiger partial charge in [0.15, 0.2) is 0 Å². The summed E-state index contributed by atoms with van der Waals surface area (Å²) >= 11 is 0. The van der Waals surface area contributed by atoms with Crippen LogP contribution in [0.15, 0.2) is 30.3 Å². The third kappa shape index (κ3) is 4.22. The summed E-state index contributed by atoms with van der Waals surface area (Å²) in [4.78, 5) is 10.9. The van der Waals surface area contributed by atoms with Crippen molar-refractivity contribution in [2.24, 2.45) is 0 Å². The number of hydrogen-bond donors (Lipinski definition) is 2. The molecule has 3 rings (SSSR count). The van der Waals surface area contributed by atoms with E-state index in [1.54, 1.807) is 13.0 Å². The smallest absolute Gasteiger partial charge is 0.493 e. The topological polar surface area (TPSA) is 67.8 Å². The van der Waals surface area contributed by atoms with Crippen molar-refractivity contribution in [3.63, 3.8) is 0 Å². The molecule has 0 spiro atoms. The Labute approximate surface area is 160 Å². The summed E-state index contributed by atoms with van der Waals surface area (Å²) in [6.07, 6.45) is -2.67. The van der Waals surface area contributed by atoms with E-state index in [0.717, 1.165) is 17.5 Å². The highest BCUT2D eigenvalue weighted by Gasteiger charge is 2.31. The van der Waals surface area contributed by atoms with E-state index in [-0.39, 0.29) is 18.4 Å². The van der Waals surface area contributed by atoms with Gasteiger partial charge < -0.3 is 19.9 Å². The van der Waals surface area contributed by atoms with Crippen LogP contribution < -0.4 is 14.8 Å². The number of carbonyl (C=O) groups is 1. The zero-order valence-corrected chi connectivity index (χ0v) is 15.2. The number of halogens is 3. The average molecular weight is 395 g/mol. The number of aliphatic hydroxyl groups is 1. The van der Waals surface area contributed by atoms with Gasteiger partial charge >= 0.3 is 6.36 Å². The number of aliphatic hydroxyl groups excluding tert-OH is 1. The number of benzene rings is 2. The van der Waals surface area contributed by atoms with Crippen LogP contribution in [0.2, 0.25) is 0 Å². The normalized spacial score (nSPS) is 14.6. The van der Waals surface area contributed by atoms with Gasteiger partial charge in [0.05, 0.1) is 19.3 Å². The molecule has 0 radical (unpaired) electrons. The fourth-order valence-corrected chi connectivity index (χ4v) is 3.45. The first-order valence-corrected chi connectivity index (χ1v) is 8.82. The van der Waals surface area contributed by atoms with Crippen LogP contribution in [0.4, 0.5) is 13.2 Å². The Morgan fingerprint density at radius 3 is 2.64 bits per heavy atom. The van der Waals surface area contributed by atoms with Gasteiger partial charge in [-0.2, -0.15) is 0 Å². The van der Waals surface area contributed by atoms with E-state index in [1.165, 1.54) is 24.3 Å². The second kappa shape index (κ2) is 8.10. The third-order valence-electron chi connectivity index (χ3n) is 4.69. The van der Waals surface area contributed by atoms with Crippen LogP contribution in [0.1, 0.15) is 36.1 Å². The fraction of sp³-hybridized carbons (Fsp3) is 0.350. The van der Waals surface area contributed by atoms with E-state index in [1.807, 2.05) is 0 Å². The minimum absolute atomic E-state index is 0.204. The summed E-state index contributed by atoms with van der Waals surface area (Å²) in [7, 11) is 0. The van der Waals surface area contributed by atoms with Gasteiger partial charge in [0.1, 0.15) is 11.5 Å². The summed E-state index contributed by atoms with van der Waals surface area (Å²) in [5.41, 5.74) is 3.65. The molecule has 0 saturated heterocycles. The summed E-state index contributed by atoms with van der Waals surface area (Å²) in [6.45, 7) is 2.11. The predicted octanol–water partition coefficient (Wildman–Crippen LogP) is 3.88. The van der Waals surface area contributed by atoms with Crippen molar-refractivity contribution in [1.82, 2.24) is 5.32 Å². The van der Waals surface area contributed by atoms with Crippen molar-refractivity contribution in [3.8, 4) is 22.6 Å². The van der Waals surface area contributed by atoms with Gasteiger partial charge in [0.2, 0.25) is 6.41 Å². The van der Waals surface area contributed by atoms with Crippen LogP contribution >= 0.6 is 0 Å².